The number of hydrogen-bond acceptors (Lipinski definition) is 8. The SMILES string of the molecule is C=N/C(=N\C=C(/C)C(=O)O)N1CCN(c2ncc(CNC(=O)OC(C)(C)C)cn2)C(CO)C1. The topological polar surface area (TPSA) is 153 Å². The summed E-state index contributed by atoms with van der Waals surface area (Å²) in [7, 11) is 0. The Balaban J connectivity index is 2.02. The largest absolute Gasteiger partial charge is 0.478 e. The number of rotatable bonds is 6. The highest BCUT2D eigenvalue weighted by molar-refractivity contribution is 5.88. The van der Waals surface area contributed by atoms with Crippen LogP contribution in [0.3, 0.4) is 0 Å². The first kappa shape index (κ1) is 25.7. The Morgan fingerprint density at radius 3 is 2.55 bits per heavy atom. The molecule has 180 valence electrons. The van der Waals surface area contributed by atoms with Crippen molar-refractivity contribution in [2.75, 3.05) is 31.1 Å². The number of anilines is 1. The second-order valence-electron chi connectivity index (χ2n) is 8.43. The number of amides is 1. The van der Waals surface area contributed by atoms with Crippen LogP contribution in [0.15, 0.2) is 34.2 Å². The number of piperazine rings is 1. The first-order valence-electron chi connectivity index (χ1n) is 10.4. The van der Waals surface area contributed by atoms with Gasteiger partial charge in [-0.2, -0.15) is 0 Å². The van der Waals surface area contributed by atoms with Gasteiger partial charge in [0.2, 0.25) is 11.9 Å². The number of aliphatic hydroxyl groups is 1. The van der Waals surface area contributed by atoms with Gasteiger partial charge in [0.25, 0.3) is 0 Å². The summed E-state index contributed by atoms with van der Waals surface area (Å²) in [4.78, 5) is 43.2. The molecule has 0 aromatic carbocycles. The summed E-state index contributed by atoms with van der Waals surface area (Å²) in [5.41, 5.74) is 0.195. The molecule has 1 fully saturated rings. The molecule has 0 bridgehead atoms. The Hall–Kier alpha value is -3.54. The average Bonchev–Trinajstić information content (AvgIpc) is 2.77. The third-order valence-corrected chi connectivity index (χ3v) is 4.61. The van der Waals surface area contributed by atoms with Gasteiger partial charge < -0.3 is 30.1 Å². The van der Waals surface area contributed by atoms with Crippen LogP contribution in [-0.2, 0) is 16.1 Å². The molecular weight excluding hydrogens is 430 g/mol. The lowest BCUT2D eigenvalue weighted by atomic mass is 10.2. The smallest absolute Gasteiger partial charge is 0.407 e. The van der Waals surface area contributed by atoms with Gasteiger partial charge in [0.05, 0.1) is 18.2 Å². The van der Waals surface area contributed by atoms with E-state index >= 15 is 0 Å². The van der Waals surface area contributed by atoms with Gasteiger partial charge in [-0.15, -0.1) is 0 Å². The monoisotopic (exact) mass is 461 g/mol. The highest BCUT2D eigenvalue weighted by Crippen LogP contribution is 2.17. The maximum absolute atomic E-state index is 11.8. The van der Waals surface area contributed by atoms with Crippen molar-refractivity contribution >= 4 is 30.7 Å². The summed E-state index contributed by atoms with van der Waals surface area (Å²) < 4.78 is 5.20. The highest BCUT2D eigenvalue weighted by Gasteiger charge is 2.29. The number of nitrogens with one attached hydrogen (secondary N) is 1. The van der Waals surface area contributed by atoms with Crippen molar-refractivity contribution in [3.8, 4) is 0 Å². The van der Waals surface area contributed by atoms with E-state index in [2.05, 4.69) is 32.0 Å². The van der Waals surface area contributed by atoms with Gasteiger partial charge in [-0.25, -0.2) is 29.5 Å². The van der Waals surface area contributed by atoms with E-state index in [4.69, 9.17) is 9.84 Å². The fourth-order valence-corrected chi connectivity index (χ4v) is 2.96. The van der Waals surface area contributed by atoms with Gasteiger partial charge in [-0.1, -0.05) is 0 Å². The number of hydrogen-bond donors (Lipinski definition) is 3. The maximum atomic E-state index is 11.8. The molecule has 12 nitrogen and oxygen atoms in total. The number of carbonyl (C=O) groups is 2. The molecule has 1 aliphatic heterocycles. The molecule has 1 unspecified atom stereocenters. The van der Waals surface area contributed by atoms with E-state index in [-0.39, 0.29) is 30.7 Å². The van der Waals surface area contributed by atoms with E-state index in [1.54, 1.807) is 33.2 Å². The van der Waals surface area contributed by atoms with Crippen LogP contribution in [0.4, 0.5) is 10.7 Å². The van der Waals surface area contributed by atoms with Crippen molar-refractivity contribution in [1.82, 2.24) is 20.2 Å². The van der Waals surface area contributed by atoms with Crippen LogP contribution in [0.1, 0.15) is 33.3 Å². The molecule has 1 amide bonds. The molecule has 0 saturated carbocycles. The van der Waals surface area contributed by atoms with Gasteiger partial charge in [0.15, 0.2) is 0 Å². The van der Waals surface area contributed by atoms with E-state index in [0.29, 0.717) is 31.1 Å². The van der Waals surface area contributed by atoms with E-state index in [9.17, 15) is 14.7 Å². The predicted molar refractivity (Wildman–Crippen MR) is 123 cm³/mol. The fraction of sp³-hybridized carbons (Fsp3) is 0.524. The molecule has 2 rings (SSSR count). The van der Waals surface area contributed by atoms with Crippen molar-refractivity contribution in [3.63, 3.8) is 0 Å². The van der Waals surface area contributed by atoms with E-state index < -0.39 is 17.7 Å². The highest BCUT2D eigenvalue weighted by atomic mass is 16.6. The first-order valence-corrected chi connectivity index (χ1v) is 10.4. The number of aliphatic hydroxyl groups excluding tert-OH is 1. The number of nitrogens with zero attached hydrogens (tertiary/aromatic N) is 6. The second-order valence-corrected chi connectivity index (χ2v) is 8.43. The van der Waals surface area contributed by atoms with E-state index in [1.807, 2.05) is 9.80 Å². The van der Waals surface area contributed by atoms with Gasteiger partial charge in [-0.05, 0) is 34.4 Å². The van der Waals surface area contributed by atoms with Gasteiger partial charge >= 0.3 is 12.1 Å². The number of aliphatic carboxylic acids is 1. The van der Waals surface area contributed by atoms with Gasteiger partial charge in [0, 0.05) is 50.3 Å². The molecular formula is C21H31N7O5. The van der Waals surface area contributed by atoms with E-state index in [1.165, 1.54) is 13.1 Å². The molecule has 1 aliphatic rings. The second kappa shape index (κ2) is 11.4. The van der Waals surface area contributed by atoms with Crippen molar-refractivity contribution in [2.24, 2.45) is 9.98 Å². The fourth-order valence-electron chi connectivity index (χ4n) is 2.96. The van der Waals surface area contributed by atoms with Crippen molar-refractivity contribution in [2.45, 2.75) is 45.9 Å². The third-order valence-electron chi connectivity index (χ3n) is 4.61. The molecule has 1 atom stereocenters. The molecule has 2 heterocycles. The molecule has 3 N–H and O–H groups in total. The summed E-state index contributed by atoms with van der Waals surface area (Å²) in [5, 5.41) is 21.5. The lowest BCUT2D eigenvalue weighted by Gasteiger charge is -2.40. The van der Waals surface area contributed by atoms with Crippen molar-refractivity contribution in [3.05, 3.63) is 29.7 Å². The van der Waals surface area contributed by atoms with Gasteiger partial charge in [-0.3, -0.25) is 0 Å². The number of carboxylic acid groups (broad SMARTS) is 1. The summed E-state index contributed by atoms with van der Waals surface area (Å²) in [6.07, 6.45) is 3.92. The Bertz CT molecular complexity index is 909. The summed E-state index contributed by atoms with van der Waals surface area (Å²) in [6, 6.07) is -0.332. The first-order chi connectivity index (χ1) is 15.5. The number of alkyl carbamates (subject to hydrolysis) is 1. The number of guanidine groups is 1. The van der Waals surface area contributed by atoms with Crippen molar-refractivity contribution in [1.29, 1.82) is 0 Å². The number of carboxylic acids is 1. The lowest BCUT2D eigenvalue weighted by Crippen LogP contribution is -2.56. The molecule has 0 aliphatic carbocycles. The van der Waals surface area contributed by atoms with Crippen LogP contribution in [0.5, 0.6) is 0 Å². The standard InChI is InChI=1S/C21H31N7O5/c1-14(17(30)31)8-23-18(22-5)27-6-7-28(16(12-27)13-29)19-24-9-15(10-25-19)11-26-20(32)33-21(2,3)4/h8-10,16,29H,5-7,11-13H2,1-4H3,(H,26,32)(H,30,31)/b14-8+,23-18+. The van der Waals surface area contributed by atoms with Crippen LogP contribution in [-0.4, -0.2) is 87.7 Å². The Labute approximate surface area is 192 Å². The van der Waals surface area contributed by atoms with Crippen LogP contribution in [0.2, 0.25) is 0 Å². The van der Waals surface area contributed by atoms with Crippen LogP contribution >= 0.6 is 0 Å². The summed E-state index contributed by atoms with van der Waals surface area (Å²) >= 11 is 0. The third kappa shape index (κ3) is 7.83. The summed E-state index contributed by atoms with van der Waals surface area (Å²) in [6.45, 7) is 11.7. The summed E-state index contributed by atoms with van der Waals surface area (Å²) in [5.74, 6) is -0.346. The van der Waals surface area contributed by atoms with Gasteiger partial charge in [0.1, 0.15) is 5.60 Å². The van der Waals surface area contributed by atoms with E-state index in [0.717, 1.165) is 0 Å². The van der Waals surface area contributed by atoms with Crippen LogP contribution in [0.25, 0.3) is 0 Å². The molecule has 1 aromatic heterocycles. The zero-order valence-electron chi connectivity index (χ0n) is 19.4. The van der Waals surface area contributed by atoms with Crippen LogP contribution in [0, 0.1) is 0 Å². The zero-order valence-corrected chi connectivity index (χ0v) is 19.4. The minimum Gasteiger partial charge on any atom is -0.478 e. The predicted octanol–water partition coefficient (Wildman–Crippen LogP) is 1.03. The molecule has 0 spiro atoms. The number of aromatic nitrogens is 2. The molecule has 0 radical (unpaired) electrons. The average molecular weight is 462 g/mol. The molecule has 1 saturated heterocycles. The quantitative estimate of drug-likeness (QED) is 0.320. The number of carbonyl (C=O) groups excluding carboxylic acids is 1. The minimum absolute atomic E-state index is 0.0724. The maximum Gasteiger partial charge on any atom is 0.407 e. The van der Waals surface area contributed by atoms with Crippen LogP contribution < -0.4 is 10.2 Å². The number of ether oxygens (including phenoxy) is 1. The molecule has 12 heteroatoms. The van der Waals surface area contributed by atoms with Crippen molar-refractivity contribution < 1.29 is 24.5 Å². The molecule has 1 aromatic rings. The molecule has 33 heavy (non-hydrogen) atoms. The number of aliphatic imine (C=N–C) groups is 2. The zero-order chi connectivity index (χ0) is 24.6. The Morgan fingerprint density at radius 1 is 1.33 bits per heavy atom. The normalized spacial score (nSPS) is 17.5. The Morgan fingerprint density at radius 2 is 2.00 bits per heavy atom. The Kier molecular flexibility index (Phi) is 8.85. The lowest BCUT2D eigenvalue weighted by molar-refractivity contribution is -0.132. The minimum atomic E-state index is -1.07.